The molecule has 4 aromatic rings. The molecule has 0 aliphatic carbocycles. The number of aromatic nitrogens is 4. The highest BCUT2D eigenvalue weighted by Crippen LogP contribution is 2.36. The normalized spacial score (nSPS) is 16.7. The smallest absolute Gasteiger partial charge is 0.186 e. The van der Waals surface area contributed by atoms with Crippen LogP contribution in [0, 0.1) is 6.92 Å². The summed E-state index contributed by atoms with van der Waals surface area (Å²) in [5.74, 6) is 0.171. The van der Waals surface area contributed by atoms with E-state index in [1.165, 1.54) is 0 Å². The molecule has 1 N–H and O–H groups in total. The van der Waals surface area contributed by atoms with Crippen molar-refractivity contribution in [3.8, 4) is 5.75 Å². The second-order valence-corrected chi connectivity index (χ2v) is 7.44. The molecule has 0 saturated heterocycles. The van der Waals surface area contributed by atoms with Crippen molar-refractivity contribution in [2.75, 3.05) is 0 Å². The first-order chi connectivity index (χ1) is 13.1. The van der Waals surface area contributed by atoms with Crippen LogP contribution < -0.4 is 0 Å². The van der Waals surface area contributed by atoms with E-state index >= 15 is 0 Å². The van der Waals surface area contributed by atoms with E-state index in [1.807, 2.05) is 31.2 Å². The largest absolute Gasteiger partial charge is 0.507 e. The van der Waals surface area contributed by atoms with Gasteiger partial charge in [0.25, 0.3) is 0 Å². The van der Waals surface area contributed by atoms with Gasteiger partial charge < -0.3 is 9.94 Å². The minimum Gasteiger partial charge on any atom is -0.507 e. The minimum absolute atomic E-state index is 0.171. The number of para-hydroxylation sites is 1. The average Bonchev–Trinajstić information content (AvgIpc) is 3.32. The van der Waals surface area contributed by atoms with E-state index < -0.39 is 0 Å². The van der Waals surface area contributed by atoms with Gasteiger partial charge in [0.15, 0.2) is 11.8 Å². The molecular weight excluding hydrogens is 410 g/mol. The van der Waals surface area contributed by atoms with Gasteiger partial charge in [-0.25, -0.2) is 0 Å². The van der Waals surface area contributed by atoms with Crippen molar-refractivity contribution in [2.45, 2.75) is 19.4 Å². The van der Waals surface area contributed by atoms with Gasteiger partial charge in [-0.05, 0) is 47.2 Å². The molecule has 5 rings (SSSR count). The van der Waals surface area contributed by atoms with Crippen molar-refractivity contribution in [2.24, 2.45) is 5.16 Å². The predicted molar refractivity (Wildman–Crippen MR) is 104 cm³/mol. The summed E-state index contributed by atoms with van der Waals surface area (Å²) in [5.41, 5.74) is 4.93. The van der Waals surface area contributed by atoms with Crippen LogP contribution in [0.15, 0.2) is 52.1 Å². The molecule has 8 heteroatoms. The molecule has 0 saturated carbocycles. The van der Waals surface area contributed by atoms with Crippen LogP contribution in [0.25, 0.3) is 16.6 Å². The summed E-state index contributed by atoms with van der Waals surface area (Å²) >= 11 is 3.43. The van der Waals surface area contributed by atoms with Crippen molar-refractivity contribution in [3.05, 3.63) is 63.6 Å². The van der Waals surface area contributed by atoms with Gasteiger partial charge in [-0.2, -0.15) is 4.52 Å². The maximum Gasteiger partial charge on any atom is 0.186 e. The van der Waals surface area contributed by atoms with Crippen LogP contribution in [-0.4, -0.2) is 30.9 Å². The zero-order chi connectivity index (χ0) is 18.5. The second-order valence-electron chi connectivity index (χ2n) is 6.52. The highest BCUT2D eigenvalue weighted by atomic mass is 79.9. The SMILES string of the molecule is Cc1cccc2cc(C3CC(c4cc(Br)ccc4O)=NO3)c3nnnn3c12. The Labute approximate surface area is 162 Å². The monoisotopic (exact) mass is 423 g/mol. The van der Waals surface area contributed by atoms with Gasteiger partial charge in [0.05, 0.1) is 11.2 Å². The first kappa shape index (κ1) is 16.2. The summed E-state index contributed by atoms with van der Waals surface area (Å²) in [6.07, 6.45) is 0.195. The highest BCUT2D eigenvalue weighted by Gasteiger charge is 2.29. The number of pyridine rings is 1. The van der Waals surface area contributed by atoms with Crippen molar-refractivity contribution >= 4 is 38.2 Å². The molecule has 0 amide bonds. The first-order valence-corrected chi connectivity index (χ1v) is 9.23. The van der Waals surface area contributed by atoms with E-state index in [-0.39, 0.29) is 11.9 Å². The fourth-order valence-corrected chi connectivity index (χ4v) is 3.88. The van der Waals surface area contributed by atoms with Crippen molar-refractivity contribution in [3.63, 3.8) is 0 Å². The van der Waals surface area contributed by atoms with Gasteiger partial charge in [0.1, 0.15) is 5.75 Å². The van der Waals surface area contributed by atoms with Crippen LogP contribution in [-0.2, 0) is 4.84 Å². The fourth-order valence-electron chi connectivity index (χ4n) is 3.52. The summed E-state index contributed by atoms with van der Waals surface area (Å²) in [5, 5.41) is 27.6. The van der Waals surface area contributed by atoms with Gasteiger partial charge in [-0.1, -0.05) is 39.3 Å². The number of nitrogens with zero attached hydrogens (tertiary/aromatic N) is 5. The summed E-state index contributed by atoms with van der Waals surface area (Å²) in [4.78, 5) is 5.71. The van der Waals surface area contributed by atoms with E-state index in [2.05, 4.69) is 42.7 Å². The molecule has 27 heavy (non-hydrogen) atoms. The number of fused-ring (bicyclic) bond motifs is 3. The topological polar surface area (TPSA) is 84.9 Å². The lowest BCUT2D eigenvalue weighted by Gasteiger charge is -2.12. The van der Waals surface area contributed by atoms with E-state index in [0.29, 0.717) is 23.3 Å². The van der Waals surface area contributed by atoms with Gasteiger partial charge in [-0.15, -0.1) is 5.10 Å². The number of phenols is 1. The lowest BCUT2D eigenvalue weighted by molar-refractivity contribution is 0.0865. The molecule has 1 atom stereocenters. The highest BCUT2D eigenvalue weighted by molar-refractivity contribution is 9.10. The Hall–Kier alpha value is -3.00. The lowest BCUT2D eigenvalue weighted by Crippen LogP contribution is -2.05. The van der Waals surface area contributed by atoms with Crippen molar-refractivity contribution in [1.29, 1.82) is 0 Å². The molecule has 2 aromatic carbocycles. The van der Waals surface area contributed by atoms with Gasteiger partial charge >= 0.3 is 0 Å². The maximum absolute atomic E-state index is 10.2. The molecule has 0 spiro atoms. The Bertz CT molecular complexity index is 1230. The molecule has 1 unspecified atom stereocenters. The van der Waals surface area contributed by atoms with Crippen LogP contribution in [0.2, 0.25) is 0 Å². The number of hydrogen-bond acceptors (Lipinski definition) is 6. The molecule has 3 heterocycles. The van der Waals surface area contributed by atoms with E-state index in [9.17, 15) is 5.11 Å². The van der Waals surface area contributed by atoms with E-state index in [0.717, 1.165) is 26.5 Å². The van der Waals surface area contributed by atoms with Crippen molar-refractivity contribution < 1.29 is 9.94 Å². The number of aromatic hydroxyl groups is 1. The molecule has 1 aliphatic rings. The van der Waals surface area contributed by atoms with Crippen LogP contribution in [0.4, 0.5) is 0 Å². The summed E-state index contributed by atoms with van der Waals surface area (Å²) in [6.45, 7) is 2.03. The number of aryl methyl sites for hydroxylation is 1. The van der Waals surface area contributed by atoms with E-state index in [1.54, 1.807) is 16.6 Å². The molecular formula is C19H14BrN5O2. The van der Waals surface area contributed by atoms with Crippen LogP contribution in [0.3, 0.4) is 0 Å². The number of halogens is 1. The molecule has 2 aromatic heterocycles. The quantitative estimate of drug-likeness (QED) is 0.527. The summed E-state index contributed by atoms with van der Waals surface area (Å²) in [7, 11) is 0. The Morgan fingerprint density at radius 1 is 1.22 bits per heavy atom. The first-order valence-electron chi connectivity index (χ1n) is 8.44. The summed E-state index contributed by atoms with van der Waals surface area (Å²) < 4.78 is 2.62. The Morgan fingerprint density at radius 3 is 3.00 bits per heavy atom. The number of tetrazole rings is 1. The maximum atomic E-state index is 10.2. The van der Waals surface area contributed by atoms with Gasteiger partial charge in [0.2, 0.25) is 0 Å². The number of oxime groups is 1. The Balaban J connectivity index is 1.59. The zero-order valence-electron chi connectivity index (χ0n) is 14.3. The van der Waals surface area contributed by atoms with Crippen LogP contribution in [0.1, 0.15) is 29.2 Å². The van der Waals surface area contributed by atoms with Crippen LogP contribution in [0.5, 0.6) is 5.75 Å². The Morgan fingerprint density at radius 2 is 2.11 bits per heavy atom. The second kappa shape index (κ2) is 6.02. The number of hydrogen-bond donors (Lipinski definition) is 1. The molecule has 134 valence electrons. The fraction of sp³-hybridized carbons (Fsp3) is 0.158. The number of phenolic OH excluding ortho intramolecular Hbond substituents is 1. The van der Waals surface area contributed by atoms with Crippen LogP contribution >= 0.6 is 15.9 Å². The third kappa shape index (κ3) is 2.56. The molecule has 1 aliphatic heterocycles. The number of rotatable bonds is 2. The average molecular weight is 424 g/mol. The Kier molecular flexibility index (Phi) is 3.61. The lowest BCUT2D eigenvalue weighted by atomic mass is 9.99. The standard InChI is InChI=1S/C19H14BrN5O2/c1-10-3-2-4-11-7-14(19-21-23-24-25(19)18(10)11)17-9-15(22-27-17)13-8-12(20)5-6-16(13)26/h2-8,17,26H,9H2,1H3. The van der Waals surface area contributed by atoms with E-state index in [4.69, 9.17) is 4.84 Å². The molecule has 0 bridgehead atoms. The third-order valence-electron chi connectivity index (χ3n) is 4.80. The van der Waals surface area contributed by atoms with Gasteiger partial charge in [-0.3, -0.25) is 0 Å². The predicted octanol–water partition coefficient (Wildman–Crippen LogP) is 3.92. The molecule has 7 nitrogen and oxygen atoms in total. The molecule has 0 radical (unpaired) electrons. The third-order valence-corrected chi connectivity index (χ3v) is 5.30. The zero-order valence-corrected chi connectivity index (χ0v) is 15.9. The molecule has 0 fully saturated rings. The minimum atomic E-state index is -0.322. The van der Waals surface area contributed by atoms with Gasteiger partial charge in [0, 0.05) is 27.4 Å². The summed E-state index contributed by atoms with van der Waals surface area (Å²) in [6, 6.07) is 13.4. The van der Waals surface area contributed by atoms with Crippen molar-refractivity contribution in [1.82, 2.24) is 20.0 Å². The number of benzene rings is 2.